The first kappa shape index (κ1) is 22.6. The van der Waals surface area contributed by atoms with Crippen LogP contribution < -0.4 is 15.8 Å². The number of hydrogen-bond donors (Lipinski definition) is 2. The molecule has 2 aromatic rings. The van der Waals surface area contributed by atoms with Crippen molar-refractivity contribution in [1.29, 1.82) is 0 Å². The number of ether oxygens (including phenoxy) is 1. The van der Waals surface area contributed by atoms with Crippen molar-refractivity contribution in [2.45, 2.75) is 29.3 Å². The Morgan fingerprint density at radius 1 is 1.27 bits per heavy atom. The summed E-state index contributed by atoms with van der Waals surface area (Å²) in [6.45, 7) is 0.981. The zero-order valence-corrected chi connectivity index (χ0v) is 18.9. The summed E-state index contributed by atoms with van der Waals surface area (Å²) in [6, 6.07) is 4.56. The van der Waals surface area contributed by atoms with Gasteiger partial charge in [-0.2, -0.15) is 4.31 Å². The van der Waals surface area contributed by atoms with E-state index in [4.69, 9.17) is 22.1 Å². The van der Waals surface area contributed by atoms with E-state index in [1.54, 1.807) is 12.3 Å². The van der Waals surface area contributed by atoms with Crippen LogP contribution in [-0.2, 0) is 10.0 Å². The smallest absolute Gasteiger partial charge is 0.255 e. The lowest BCUT2D eigenvalue weighted by Gasteiger charge is -2.26. The van der Waals surface area contributed by atoms with Gasteiger partial charge in [-0.15, -0.1) is 0 Å². The van der Waals surface area contributed by atoms with Crippen LogP contribution in [0.5, 0.6) is 5.75 Å². The van der Waals surface area contributed by atoms with Crippen LogP contribution in [0.1, 0.15) is 29.6 Å². The van der Waals surface area contributed by atoms with Gasteiger partial charge in [0.15, 0.2) is 5.16 Å². The molecule has 0 atom stereocenters. The number of nitrogens with two attached hydrogens (primary N) is 1. The van der Waals surface area contributed by atoms with Gasteiger partial charge in [0.1, 0.15) is 27.2 Å². The average molecular weight is 472 g/mol. The molecule has 12 heteroatoms. The third-order valence-electron chi connectivity index (χ3n) is 4.63. The van der Waals surface area contributed by atoms with Gasteiger partial charge in [-0.05, 0) is 31.2 Å². The Bertz CT molecular complexity index is 1060. The SMILES string of the molecule is COc1cc(Nc2nc(SC)nc(Cl)c2C(N)=O)ccc1S(=O)(=O)N1CCCCC1. The first-order valence-corrected chi connectivity index (χ1v) is 12.2. The van der Waals surface area contributed by atoms with Gasteiger partial charge in [-0.1, -0.05) is 29.8 Å². The molecular weight excluding hydrogens is 450 g/mol. The highest BCUT2D eigenvalue weighted by molar-refractivity contribution is 7.98. The summed E-state index contributed by atoms with van der Waals surface area (Å²) < 4.78 is 32.9. The van der Waals surface area contributed by atoms with Gasteiger partial charge in [-0.25, -0.2) is 18.4 Å². The van der Waals surface area contributed by atoms with Gasteiger partial charge in [0.25, 0.3) is 5.91 Å². The van der Waals surface area contributed by atoms with E-state index in [-0.39, 0.29) is 27.2 Å². The van der Waals surface area contributed by atoms with Gasteiger partial charge in [0, 0.05) is 24.8 Å². The molecule has 0 bridgehead atoms. The van der Waals surface area contributed by atoms with Gasteiger partial charge < -0.3 is 15.8 Å². The number of methoxy groups -OCH3 is 1. The zero-order valence-electron chi connectivity index (χ0n) is 16.5. The Balaban J connectivity index is 1.98. The first-order valence-electron chi connectivity index (χ1n) is 9.14. The Morgan fingerprint density at radius 2 is 1.97 bits per heavy atom. The summed E-state index contributed by atoms with van der Waals surface area (Å²) in [5, 5.41) is 3.25. The Kier molecular flexibility index (Phi) is 7.06. The van der Waals surface area contributed by atoms with E-state index >= 15 is 0 Å². The Hall–Kier alpha value is -2.08. The minimum absolute atomic E-state index is 0.0570. The molecule has 1 aromatic heterocycles. The third-order valence-corrected chi connectivity index (χ3v) is 7.39. The number of amides is 1. The quantitative estimate of drug-likeness (QED) is 0.358. The molecule has 1 aromatic carbocycles. The fraction of sp³-hybridized carbons (Fsp3) is 0.389. The maximum absolute atomic E-state index is 13.0. The molecule has 162 valence electrons. The molecule has 3 rings (SSSR count). The van der Waals surface area contributed by atoms with Crippen molar-refractivity contribution in [1.82, 2.24) is 14.3 Å². The number of rotatable bonds is 7. The van der Waals surface area contributed by atoms with Gasteiger partial charge in [-0.3, -0.25) is 4.79 Å². The number of benzene rings is 1. The molecule has 1 fully saturated rings. The van der Waals surface area contributed by atoms with Crippen LogP contribution in [0.25, 0.3) is 0 Å². The number of thioether (sulfide) groups is 1. The summed E-state index contributed by atoms with van der Waals surface area (Å²) in [5.41, 5.74) is 5.82. The lowest BCUT2D eigenvalue weighted by atomic mass is 10.2. The minimum atomic E-state index is -3.68. The molecule has 0 saturated carbocycles. The molecule has 3 N–H and O–H groups in total. The Morgan fingerprint density at radius 3 is 2.57 bits per heavy atom. The molecule has 0 unspecified atom stereocenters. The van der Waals surface area contributed by atoms with Crippen molar-refractivity contribution >= 4 is 50.8 Å². The van der Waals surface area contributed by atoms with Crippen molar-refractivity contribution in [2.75, 3.05) is 31.8 Å². The van der Waals surface area contributed by atoms with E-state index in [0.29, 0.717) is 23.9 Å². The normalized spacial score (nSPS) is 15.0. The number of anilines is 2. The number of nitrogens with zero attached hydrogens (tertiary/aromatic N) is 3. The number of carbonyl (C=O) groups is 1. The predicted octanol–water partition coefficient (Wildman–Crippen LogP) is 2.88. The number of piperidine rings is 1. The molecule has 1 amide bonds. The molecule has 9 nitrogen and oxygen atoms in total. The minimum Gasteiger partial charge on any atom is -0.495 e. The monoisotopic (exact) mass is 471 g/mol. The predicted molar refractivity (Wildman–Crippen MR) is 116 cm³/mol. The highest BCUT2D eigenvalue weighted by Gasteiger charge is 2.29. The second kappa shape index (κ2) is 9.38. The van der Waals surface area contributed by atoms with Gasteiger partial charge in [0.05, 0.1) is 7.11 Å². The van der Waals surface area contributed by atoms with Gasteiger partial charge >= 0.3 is 0 Å². The molecule has 2 heterocycles. The fourth-order valence-electron chi connectivity index (χ4n) is 3.15. The van der Waals surface area contributed by atoms with Crippen molar-refractivity contribution < 1.29 is 17.9 Å². The molecule has 30 heavy (non-hydrogen) atoms. The maximum Gasteiger partial charge on any atom is 0.255 e. The summed E-state index contributed by atoms with van der Waals surface area (Å²) in [4.78, 5) is 20.2. The lowest BCUT2D eigenvalue weighted by Crippen LogP contribution is -2.35. The number of halogens is 1. The zero-order chi connectivity index (χ0) is 21.9. The van der Waals surface area contributed by atoms with E-state index in [9.17, 15) is 13.2 Å². The number of nitrogens with one attached hydrogen (secondary N) is 1. The average Bonchev–Trinajstić information content (AvgIpc) is 2.73. The maximum atomic E-state index is 13.0. The first-order chi connectivity index (χ1) is 14.3. The third kappa shape index (κ3) is 4.64. The van der Waals surface area contributed by atoms with Crippen LogP contribution in [-0.4, -0.2) is 55.1 Å². The second-order valence-corrected chi connectivity index (χ2v) is 9.58. The van der Waals surface area contributed by atoms with Crippen molar-refractivity contribution in [2.24, 2.45) is 5.73 Å². The highest BCUT2D eigenvalue weighted by atomic mass is 35.5. The molecule has 1 aliphatic rings. The summed E-state index contributed by atoms with van der Waals surface area (Å²) in [7, 11) is -2.28. The molecule has 0 aliphatic carbocycles. The number of hydrogen-bond acceptors (Lipinski definition) is 8. The Labute approximate surface area is 184 Å². The number of carbonyl (C=O) groups excluding carboxylic acids is 1. The number of sulfonamides is 1. The summed E-state index contributed by atoms with van der Waals surface area (Å²) in [6.07, 6.45) is 4.46. The highest BCUT2D eigenvalue weighted by Crippen LogP contribution is 2.33. The molecule has 1 saturated heterocycles. The van der Waals surface area contributed by atoms with Crippen molar-refractivity contribution in [3.8, 4) is 5.75 Å². The van der Waals surface area contributed by atoms with E-state index in [0.717, 1.165) is 19.3 Å². The van der Waals surface area contributed by atoms with E-state index in [2.05, 4.69) is 15.3 Å². The second-order valence-electron chi connectivity index (χ2n) is 6.54. The summed E-state index contributed by atoms with van der Waals surface area (Å²) >= 11 is 7.34. The molecule has 1 aliphatic heterocycles. The topological polar surface area (TPSA) is 128 Å². The largest absolute Gasteiger partial charge is 0.495 e. The molecular formula is C18H22ClN5O4S2. The summed E-state index contributed by atoms with van der Waals surface area (Å²) in [5.74, 6) is -0.483. The van der Waals surface area contributed by atoms with Crippen molar-refractivity contribution in [3.63, 3.8) is 0 Å². The van der Waals surface area contributed by atoms with E-state index < -0.39 is 15.9 Å². The van der Waals surface area contributed by atoms with Crippen molar-refractivity contribution in [3.05, 3.63) is 28.9 Å². The van der Waals surface area contributed by atoms with Crippen LogP contribution in [0, 0.1) is 0 Å². The fourth-order valence-corrected chi connectivity index (χ4v) is 5.49. The number of aromatic nitrogens is 2. The van der Waals surface area contributed by atoms with E-state index in [1.165, 1.54) is 35.3 Å². The number of primary amides is 1. The van der Waals surface area contributed by atoms with E-state index in [1.807, 2.05) is 0 Å². The van der Waals surface area contributed by atoms with Crippen LogP contribution in [0.2, 0.25) is 5.15 Å². The standard InChI is InChI=1S/C18H22ClN5O4S2/c1-28-12-10-11(6-7-13(12)30(26,27)24-8-4-3-5-9-24)21-17-14(16(20)25)15(19)22-18(23-17)29-2/h6-7,10H,3-5,8-9H2,1-2H3,(H2,20,25)(H,21,22,23). The van der Waals surface area contributed by atoms with Crippen LogP contribution in [0.3, 0.4) is 0 Å². The molecule has 0 radical (unpaired) electrons. The van der Waals surface area contributed by atoms with Gasteiger partial charge in [0.2, 0.25) is 10.0 Å². The lowest BCUT2D eigenvalue weighted by molar-refractivity contribution is 0.100. The van der Waals surface area contributed by atoms with Crippen LogP contribution in [0.4, 0.5) is 11.5 Å². The molecule has 0 spiro atoms. The van der Waals surface area contributed by atoms with Crippen LogP contribution in [0.15, 0.2) is 28.3 Å². The van der Waals surface area contributed by atoms with Crippen LogP contribution >= 0.6 is 23.4 Å².